The molecule has 1 atom stereocenters. The molecule has 1 heterocycles. The summed E-state index contributed by atoms with van der Waals surface area (Å²) >= 11 is 0. The van der Waals surface area contributed by atoms with Crippen LogP contribution in [0, 0.1) is 0 Å². The van der Waals surface area contributed by atoms with Crippen LogP contribution >= 0.6 is 0 Å². The molecular weight excluding hydrogens is 132 g/mol. The molecule has 1 saturated heterocycles. The van der Waals surface area contributed by atoms with E-state index in [0.717, 1.165) is 19.5 Å². The van der Waals surface area contributed by atoms with Gasteiger partial charge in [0.25, 0.3) is 0 Å². The zero-order valence-corrected chi connectivity index (χ0v) is 6.04. The number of hydrogen-bond donors (Lipinski definition) is 1. The lowest BCUT2D eigenvalue weighted by atomic mass is 10.3. The Balaban J connectivity index is 2.24. The number of rotatable bonds is 1. The summed E-state index contributed by atoms with van der Waals surface area (Å²) in [6.07, 6.45) is 0.252. The van der Waals surface area contributed by atoms with Crippen molar-refractivity contribution in [2.24, 2.45) is 5.73 Å². The second-order valence-corrected chi connectivity index (χ2v) is 2.61. The summed E-state index contributed by atoms with van der Waals surface area (Å²) < 4.78 is 4.78. The first-order valence-corrected chi connectivity index (χ1v) is 3.33. The first-order chi connectivity index (χ1) is 4.68. The molecule has 0 spiro atoms. The first-order valence-electron chi connectivity index (χ1n) is 3.33. The van der Waals surface area contributed by atoms with Crippen LogP contribution in [0.15, 0.2) is 0 Å². The fourth-order valence-corrected chi connectivity index (χ4v) is 1.16. The molecule has 2 N–H and O–H groups in total. The highest BCUT2D eigenvalue weighted by atomic mass is 16.6. The summed E-state index contributed by atoms with van der Waals surface area (Å²) in [5.74, 6) is 0. The number of ether oxygens (including phenoxy) is 1. The molecular formula is C6H12N2O2. The van der Waals surface area contributed by atoms with Gasteiger partial charge in [-0.15, -0.1) is 0 Å². The van der Waals surface area contributed by atoms with Gasteiger partial charge in [0, 0.05) is 13.1 Å². The molecule has 1 fully saturated rings. The molecule has 0 aromatic heterocycles. The van der Waals surface area contributed by atoms with Crippen LogP contribution in [0.1, 0.15) is 6.42 Å². The van der Waals surface area contributed by atoms with Crippen molar-refractivity contribution in [2.45, 2.75) is 12.5 Å². The fraction of sp³-hybridized carbons (Fsp3) is 0.833. The second-order valence-electron chi connectivity index (χ2n) is 2.61. The number of primary amides is 1. The van der Waals surface area contributed by atoms with Crippen molar-refractivity contribution in [3.63, 3.8) is 0 Å². The van der Waals surface area contributed by atoms with Crippen molar-refractivity contribution in [3.8, 4) is 0 Å². The smallest absolute Gasteiger partial charge is 0.404 e. The summed E-state index contributed by atoms with van der Waals surface area (Å²) in [4.78, 5) is 12.3. The lowest BCUT2D eigenvalue weighted by Gasteiger charge is -2.09. The normalized spacial score (nSPS) is 26.7. The lowest BCUT2D eigenvalue weighted by molar-refractivity contribution is 0.111. The molecule has 0 bridgehead atoms. The number of carbonyl (C=O) groups excluding carboxylic acids is 1. The van der Waals surface area contributed by atoms with Gasteiger partial charge in [0.05, 0.1) is 0 Å². The van der Waals surface area contributed by atoms with Crippen LogP contribution < -0.4 is 5.73 Å². The Labute approximate surface area is 59.9 Å². The molecule has 1 amide bonds. The van der Waals surface area contributed by atoms with Crippen molar-refractivity contribution in [1.82, 2.24) is 4.90 Å². The van der Waals surface area contributed by atoms with Gasteiger partial charge in [0.2, 0.25) is 0 Å². The number of hydrogen-bond acceptors (Lipinski definition) is 3. The molecule has 1 unspecified atom stereocenters. The van der Waals surface area contributed by atoms with Gasteiger partial charge in [-0.3, -0.25) is 0 Å². The van der Waals surface area contributed by atoms with E-state index in [1.807, 2.05) is 7.05 Å². The SMILES string of the molecule is CN1CCC(OC(N)=O)C1. The Bertz CT molecular complexity index is 138. The number of likely N-dealkylation sites (N-methyl/N-ethyl adjacent to an activating group) is 1. The number of nitrogens with zero attached hydrogens (tertiary/aromatic N) is 1. The third-order valence-electron chi connectivity index (χ3n) is 1.63. The van der Waals surface area contributed by atoms with E-state index in [1.54, 1.807) is 0 Å². The molecule has 1 aliphatic rings. The molecule has 4 nitrogen and oxygen atoms in total. The van der Waals surface area contributed by atoms with Crippen LogP contribution in [0.3, 0.4) is 0 Å². The van der Waals surface area contributed by atoms with E-state index in [1.165, 1.54) is 0 Å². The van der Waals surface area contributed by atoms with Gasteiger partial charge in [-0.05, 0) is 13.5 Å². The van der Waals surface area contributed by atoms with Crippen molar-refractivity contribution >= 4 is 6.09 Å². The maximum Gasteiger partial charge on any atom is 0.404 e. The number of likely N-dealkylation sites (tertiary alicyclic amines) is 1. The van der Waals surface area contributed by atoms with Crippen LogP contribution in [0.25, 0.3) is 0 Å². The Morgan fingerprint density at radius 1 is 1.80 bits per heavy atom. The molecule has 10 heavy (non-hydrogen) atoms. The fourth-order valence-electron chi connectivity index (χ4n) is 1.16. The van der Waals surface area contributed by atoms with Gasteiger partial charge in [0.1, 0.15) is 6.10 Å². The minimum atomic E-state index is -0.666. The number of carbonyl (C=O) groups is 1. The van der Waals surface area contributed by atoms with Crippen molar-refractivity contribution in [2.75, 3.05) is 20.1 Å². The summed E-state index contributed by atoms with van der Waals surface area (Å²) in [5, 5.41) is 0. The molecule has 0 aromatic carbocycles. The van der Waals surface area contributed by atoms with Crippen molar-refractivity contribution < 1.29 is 9.53 Å². The Kier molecular flexibility index (Phi) is 2.11. The second kappa shape index (κ2) is 2.88. The molecule has 0 aromatic rings. The van der Waals surface area contributed by atoms with Crippen LogP contribution in [-0.4, -0.2) is 37.2 Å². The van der Waals surface area contributed by atoms with E-state index in [0.29, 0.717) is 0 Å². The van der Waals surface area contributed by atoms with E-state index in [2.05, 4.69) is 4.90 Å². The lowest BCUT2D eigenvalue weighted by Crippen LogP contribution is -2.25. The zero-order valence-electron chi connectivity index (χ0n) is 6.04. The third kappa shape index (κ3) is 1.88. The van der Waals surface area contributed by atoms with Crippen LogP contribution in [0.2, 0.25) is 0 Å². The maximum absolute atomic E-state index is 10.2. The molecule has 58 valence electrons. The minimum absolute atomic E-state index is 0.0162. The van der Waals surface area contributed by atoms with Gasteiger partial charge in [-0.25, -0.2) is 4.79 Å². The van der Waals surface area contributed by atoms with Gasteiger partial charge in [0.15, 0.2) is 0 Å². The molecule has 1 aliphatic heterocycles. The van der Waals surface area contributed by atoms with E-state index >= 15 is 0 Å². The predicted octanol–water partition coefficient (Wildman–Crippen LogP) is -0.214. The van der Waals surface area contributed by atoms with E-state index in [-0.39, 0.29) is 6.10 Å². The average molecular weight is 144 g/mol. The molecule has 0 radical (unpaired) electrons. The molecule has 4 heteroatoms. The van der Waals surface area contributed by atoms with Gasteiger partial charge >= 0.3 is 6.09 Å². The Hall–Kier alpha value is -0.770. The highest BCUT2D eigenvalue weighted by Crippen LogP contribution is 2.09. The zero-order chi connectivity index (χ0) is 7.56. The first kappa shape index (κ1) is 7.34. The van der Waals surface area contributed by atoms with Crippen LogP contribution in [0.5, 0.6) is 0 Å². The number of nitrogens with two attached hydrogens (primary N) is 1. The Morgan fingerprint density at radius 2 is 2.50 bits per heavy atom. The predicted molar refractivity (Wildman–Crippen MR) is 36.6 cm³/mol. The Morgan fingerprint density at radius 3 is 2.90 bits per heavy atom. The van der Waals surface area contributed by atoms with Gasteiger partial charge in [-0.1, -0.05) is 0 Å². The van der Waals surface area contributed by atoms with Crippen LogP contribution in [-0.2, 0) is 4.74 Å². The summed E-state index contributed by atoms with van der Waals surface area (Å²) in [7, 11) is 1.99. The standard InChI is InChI=1S/C6H12N2O2/c1-8-3-2-5(4-8)10-6(7)9/h5H,2-4H2,1H3,(H2,7,9). The largest absolute Gasteiger partial charge is 0.445 e. The summed E-state index contributed by atoms with van der Waals surface area (Å²) in [6, 6.07) is 0. The van der Waals surface area contributed by atoms with Gasteiger partial charge in [-0.2, -0.15) is 0 Å². The van der Waals surface area contributed by atoms with Crippen LogP contribution in [0.4, 0.5) is 4.79 Å². The highest BCUT2D eigenvalue weighted by Gasteiger charge is 2.21. The van der Waals surface area contributed by atoms with Crippen molar-refractivity contribution in [3.05, 3.63) is 0 Å². The highest BCUT2D eigenvalue weighted by molar-refractivity contribution is 5.64. The third-order valence-corrected chi connectivity index (χ3v) is 1.63. The molecule has 0 aliphatic carbocycles. The summed E-state index contributed by atoms with van der Waals surface area (Å²) in [6.45, 7) is 1.79. The number of amides is 1. The maximum atomic E-state index is 10.2. The van der Waals surface area contributed by atoms with E-state index < -0.39 is 6.09 Å². The average Bonchev–Trinajstić information content (AvgIpc) is 2.13. The van der Waals surface area contributed by atoms with Gasteiger partial charge < -0.3 is 15.4 Å². The molecule has 1 rings (SSSR count). The molecule has 0 saturated carbocycles. The van der Waals surface area contributed by atoms with E-state index in [4.69, 9.17) is 10.5 Å². The quantitative estimate of drug-likeness (QED) is 0.553. The monoisotopic (exact) mass is 144 g/mol. The van der Waals surface area contributed by atoms with Crippen molar-refractivity contribution in [1.29, 1.82) is 0 Å². The minimum Gasteiger partial charge on any atom is -0.445 e. The topological polar surface area (TPSA) is 55.6 Å². The summed E-state index contributed by atoms with van der Waals surface area (Å²) in [5.41, 5.74) is 4.84. The van der Waals surface area contributed by atoms with E-state index in [9.17, 15) is 4.79 Å².